The molecule has 1 aromatic rings. The fourth-order valence-electron chi connectivity index (χ4n) is 2.23. The van der Waals surface area contributed by atoms with E-state index in [0.29, 0.717) is 5.92 Å². The van der Waals surface area contributed by atoms with Gasteiger partial charge >= 0.3 is 0 Å². The van der Waals surface area contributed by atoms with Gasteiger partial charge in [0.1, 0.15) is 6.54 Å². The highest BCUT2D eigenvalue weighted by Gasteiger charge is 2.25. The van der Waals surface area contributed by atoms with Gasteiger partial charge in [-0.1, -0.05) is 6.92 Å². The van der Waals surface area contributed by atoms with Crippen LogP contribution in [-0.2, 0) is 13.0 Å². The number of carbonyl (C=O) groups is 1. The lowest BCUT2D eigenvalue weighted by molar-refractivity contribution is -0.694. The summed E-state index contributed by atoms with van der Waals surface area (Å²) >= 11 is 0. The zero-order valence-electron chi connectivity index (χ0n) is 8.79. The lowest BCUT2D eigenvalue weighted by atomic mass is 10.0. The number of pyridine rings is 1. The number of hydrogen-bond donors (Lipinski definition) is 0. The Labute approximate surface area is 84.6 Å². The van der Waals surface area contributed by atoms with E-state index in [1.54, 1.807) is 0 Å². The van der Waals surface area contributed by atoms with Gasteiger partial charge in [-0.2, -0.15) is 0 Å². The van der Waals surface area contributed by atoms with Crippen LogP contribution in [0, 0.1) is 0 Å². The van der Waals surface area contributed by atoms with Crippen molar-refractivity contribution in [1.82, 2.24) is 0 Å². The number of aryl methyl sites for hydroxylation is 1. The summed E-state index contributed by atoms with van der Waals surface area (Å²) in [6.45, 7) is 5.27. The smallest absolute Gasteiger partial charge is 0.179 e. The summed E-state index contributed by atoms with van der Waals surface area (Å²) in [6.07, 6.45) is 7.39. The molecular formula is C12H16NO+. The van der Waals surface area contributed by atoms with E-state index in [-0.39, 0.29) is 0 Å². The maximum Gasteiger partial charge on any atom is 0.179 e. The fraction of sp³-hybridized carbons (Fsp3) is 0.500. The molecule has 0 saturated carbocycles. The van der Waals surface area contributed by atoms with Crippen molar-refractivity contribution in [3.05, 3.63) is 29.1 Å². The second kappa shape index (κ2) is 3.52. The van der Waals surface area contributed by atoms with Gasteiger partial charge in [-0.15, -0.1) is 0 Å². The Morgan fingerprint density at radius 1 is 1.57 bits per heavy atom. The Morgan fingerprint density at radius 3 is 3.00 bits per heavy atom. The topological polar surface area (TPSA) is 20.9 Å². The zero-order valence-corrected chi connectivity index (χ0v) is 8.79. The van der Waals surface area contributed by atoms with Crippen molar-refractivity contribution >= 4 is 6.29 Å². The minimum absolute atomic E-state index is 0.614. The molecule has 1 heterocycles. The van der Waals surface area contributed by atoms with E-state index in [2.05, 4.69) is 24.6 Å². The van der Waals surface area contributed by atoms with Gasteiger partial charge in [0.15, 0.2) is 18.7 Å². The standard InChI is InChI=1S/C12H16NO/c1-3-13-6-10(8-14)11-5-4-9(2)12(11)7-13/h6-9H,3-5H2,1-2H3/q+1. The summed E-state index contributed by atoms with van der Waals surface area (Å²) < 4.78 is 2.10. The van der Waals surface area contributed by atoms with Crippen LogP contribution in [0.3, 0.4) is 0 Å². The number of nitrogens with zero attached hydrogens (tertiary/aromatic N) is 1. The Morgan fingerprint density at radius 2 is 2.36 bits per heavy atom. The van der Waals surface area contributed by atoms with Crippen molar-refractivity contribution < 1.29 is 9.36 Å². The summed E-state index contributed by atoms with van der Waals surface area (Å²) in [6, 6.07) is 0. The van der Waals surface area contributed by atoms with E-state index in [4.69, 9.17) is 0 Å². The molecule has 1 atom stereocenters. The number of aromatic nitrogens is 1. The van der Waals surface area contributed by atoms with Crippen LogP contribution in [-0.4, -0.2) is 6.29 Å². The van der Waals surface area contributed by atoms with Crippen molar-refractivity contribution in [3.8, 4) is 0 Å². The van der Waals surface area contributed by atoms with Crippen molar-refractivity contribution in [2.45, 2.75) is 39.2 Å². The molecular weight excluding hydrogens is 174 g/mol. The average molecular weight is 190 g/mol. The predicted molar refractivity (Wildman–Crippen MR) is 54.4 cm³/mol. The molecule has 0 bridgehead atoms. The van der Waals surface area contributed by atoms with Gasteiger partial charge in [0, 0.05) is 5.56 Å². The molecule has 0 N–H and O–H groups in total. The number of fused-ring (bicyclic) bond motifs is 1. The van der Waals surface area contributed by atoms with Crippen LogP contribution in [0.25, 0.3) is 0 Å². The maximum absolute atomic E-state index is 10.9. The average Bonchev–Trinajstić information content (AvgIpc) is 2.59. The Hall–Kier alpha value is -1.18. The summed E-state index contributed by atoms with van der Waals surface area (Å²) in [5.74, 6) is 0.614. The Bertz CT molecular complexity index is 371. The SMILES string of the molecule is CC[n+]1cc(C=O)c2c(c1)C(C)CC2. The van der Waals surface area contributed by atoms with E-state index < -0.39 is 0 Å². The Balaban J connectivity index is 2.58. The molecule has 0 aromatic carbocycles. The molecule has 1 aromatic heterocycles. The minimum Gasteiger partial charge on any atom is -0.298 e. The highest BCUT2D eigenvalue weighted by molar-refractivity contribution is 5.77. The third-order valence-corrected chi connectivity index (χ3v) is 3.16. The Kier molecular flexibility index (Phi) is 2.36. The first-order valence-corrected chi connectivity index (χ1v) is 5.27. The van der Waals surface area contributed by atoms with Gasteiger partial charge in [-0.25, -0.2) is 4.57 Å². The minimum atomic E-state index is 0.614. The fourth-order valence-corrected chi connectivity index (χ4v) is 2.23. The summed E-state index contributed by atoms with van der Waals surface area (Å²) in [5.41, 5.74) is 3.53. The largest absolute Gasteiger partial charge is 0.298 e. The highest BCUT2D eigenvalue weighted by atomic mass is 16.1. The second-order valence-corrected chi connectivity index (χ2v) is 4.04. The summed E-state index contributed by atoms with van der Waals surface area (Å²) in [5, 5.41) is 0. The third kappa shape index (κ3) is 1.35. The third-order valence-electron chi connectivity index (χ3n) is 3.16. The molecule has 1 aliphatic rings. The zero-order chi connectivity index (χ0) is 10.1. The predicted octanol–water partition coefficient (Wildman–Crippen LogP) is 1.86. The molecule has 2 nitrogen and oxygen atoms in total. The summed E-state index contributed by atoms with van der Waals surface area (Å²) in [4.78, 5) is 10.9. The van der Waals surface area contributed by atoms with Crippen molar-refractivity contribution in [2.75, 3.05) is 0 Å². The molecule has 14 heavy (non-hydrogen) atoms. The van der Waals surface area contributed by atoms with E-state index in [1.165, 1.54) is 17.5 Å². The number of hydrogen-bond acceptors (Lipinski definition) is 1. The van der Waals surface area contributed by atoms with Crippen LogP contribution < -0.4 is 4.57 Å². The van der Waals surface area contributed by atoms with Crippen LogP contribution >= 0.6 is 0 Å². The molecule has 0 amide bonds. The first-order valence-electron chi connectivity index (χ1n) is 5.27. The van der Waals surface area contributed by atoms with E-state index in [9.17, 15) is 4.79 Å². The van der Waals surface area contributed by atoms with Crippen LogP contribution in [0.4, 0.5) is 0 Å². The van der Waals surface area contributed by atoms with Crippen LogP contribution in [0.2, 0.25) is 0 Å². The van der Waals surface area contributed by atoms with Crippen molar-refractivity contribution in [2.24, 2.45) is 0 Å². The second-order valence-electron chi connectivity index (χ2n) is 4.04. The van der Waals surface area contributed by atoms with Crippen LogP contribution in [0.1, 0.15) is 47.7 Å². The van der Waals surface area contributed by atoms with E-state index >= 15 is 0 Å². The molecule has 0 aliphatic heterocycles. The van der Waals surface area contributed by atoms with E-state index in [1.807, 2.05) is 6.20 Å². The van der Waals surface area contributed by atoms with Gasteiger partial charge in [-0.3, -0.25) is 4.79 Å². The lowest BCUT2D eigenvalue weighted by Gasteiger charge is -2.04. The normalized spacial score (nSPS) is 19.4. The quantitative estimate of drug-likeness (QED) is 0.515. The van der Waals surface area contributed by atoms with Gasteiger partial charge < -0.3 is 0 Å². The highest BCUT2D eigenvalue weighted by Crippen LogP contribution is 2.32. The first kappa shape index (κ1) is 9.38. The van der Waals surface area contributed by atoms with Crippen LogP contribution in [0.5, 0.6) is 0 Å². The van der Waals surface area contributed by atoms with Crippen LogP contribution in [0.15, 0.2) is 12.4 Å². The molecule has 2 heteroatoms. The molecule has 0 saturated heterocycles. The van der Waals surface area contributed by atoms with Gasteiger partial charge in [0.25, 0.3) is 0 Å². The molecule has 1 unspecified atom stereocenters. The van der Waals surface area contributed by atoms with Crippen molar-refractivity contribution in [3.63, 3.8) is 0 Å². The maximum atomic E-state index is 10.9. The number of aldehydes is 1. The number of carbonyl (C=O) groups excluding carboxylic acids is 1. The lowest BCUT2D eigenvalue weighted by Crippen LogP contribution is -2.33. The van der Waals surface area contributed by atoms with Crippen molar-refractivity contribution in [1.29, 1.82) is 0 Å². The van der Waals surface area contributed by atoms with E-state index in [0.717, 1.165) is 24.8 Å². The molecule has 74 valence electrons. The molecule has 0 radical (unpaired) electrons. The molecule has 0 fully saturated rings. The van der Waals surface area contributed by atoms with Gasteiger partial charge in [0.05, 0.1) is 5.56 Å². The molecule has 2 rings (SSSR count). The molecule has 0 spiro atoms. The van der Waals surface area contributed by atoms with Gasteiger partial charge in [0.2, 0.25) is 0 Å². The monoisotopic (exact) mass is 190 g/mol. The van der Waals surface area contributed by atoms with Gasteiger partial charge in [-0.05, 0) is 31.2 Å². The summed E-state index contributed by atoms with van der Waals surface area (Å²) in [7, 11) is 0. The number of rotatable bonds is 2. The first-order chi connectivity index (χ1) is 6.76. The molecule has 1 aliphatic carbocycles.